The van der Waals surface area contributed by atoms with Crippen LogP contribution in [0.15, 0.2) is 97.1 Å². The minimum atomic E-state index is -0.724. The number of halogens is 2. The maximum absolute atomic E-state index is 14.9. The van der Waals surface area contributed by atoms with Crippen molar-refractivity contribution in [1.29, 1.82) is 0 Å². The number of hydrogen-bond donors (Lipinski definition) is 2. The fourth-order valence-corrected chi connectivity index (χ4v) is 6.19. The van der Waals surface area contributed by atoms with E-state index in [-0.39, 0.29) is 17.4 Å². The molecule has 2 aliphatic heterocycles. The van der Waals surface area contributed by atoms with E-state index in [0.717, 1.165) is 22.3 Å². The fourth-order valence-electron chi connectivity index (χ4n) is 6.19. The number of benzene rings is 4. The summed E-state index contributed by atoms with van der Waals surface area (Å²) in [5.41, 5.74) is 19.7. The second kappa shape index (κ2) is 11.0. The standard InChI is InChI=1S/C33H32F2N4O/c34-27-13-9-21(10-14-27)29(36)31(38-17-23-5-1-2-6-24(23)18-38)33(40)32(30(37)22-11-15-28(35)16-12-22)39-19-25-7-3-4-8-26(25)20-39/h1-16,29-32H,17-20,36-37H2. The lowest BCUT2D eigenvalue weighted by molar-refractivity contribution is -0.132. The third kappa shape index (κ3) is 5.09. The van der Waals surface area contributed by atoms with E-state index < -0.39 is 24.2 Å². The van der Waals surface area contributed by atoms with Crippen LogP contribution in [0.3, 0.4) is 0 Å². The summed E-state index contributed by atoms with van der Waals surface area (Å²) in [7, 11) is 0. The molecule has 6 rings (SSSR count). The molecule has 0 saturated carbocycles. The van der Waals surface area contributed by atoms with Crippen molar-refractivity contribution in [2.75, 3.05) is 0 Å². The number of hydrogen-bond acceptors (Lipinski definition) is 5. The van der Waals surface area contributed by atoms with Crippen molar-refractivity contribution in [3.63, 3.8) is 0 Å². The van der Waals surface area contributed by atoms with Gasteiger partial charge in [0, 0.05) is 26.2 Å². The molecule has 0 radical (unpaired) electrons. The van der Waals surface area contributed by atoms with Crippen molar-refractivity contribution >= 4 is 5.78 Å². The Morgan fingerprint density at radius 1 is 0.550 bits per heavy atom. The number of Topliss-reactive ketones (excluding diaryl/α,β-unsaturated/α-hetero) is 1. The van der Waals surface area contributed by atoms with Gasteiger partial charge in [-0.2, -0.15) is 0 Å². The Kier molecular flexibility index (Phi) is 7.29. The van der Waals surface area contributed by atoms with Gasteiger partial charge in [0.25, 0.3) is 0 Å². The quantitative estimate of drug-likeness (QED) is 0.330. The summed E-state index contributed by atoms with van der Waals surface area (Å²) in [5, 5.41) is 0. The van der Waals surface area contributed by atoms with E-state index in [9.17, 15) is 13.6 Å². The molecule has 0 fully saturated rings. The summed E-state index contributed by atoms with van der Waals surface area (Å²) < 4.78 is 27.6. The van der Waals surface area contributed by atoms with E-state index in [4.69, 9.17) is 11.5 Å². The largest absolute Gasteiger partial charge is 0.322 e. The SMILES string of the molecule is NC(c1ccc(F)cc1)C(C(=O)C(C(N)c1ccc(F)cc1)N1Cc2ccccc2C1)N1Cc2ccccc2C1. The molecule has 0 aliphatic carbocycles. The number of carbonyl (C=O) groups excluding carboxylic acids is 1. The van der Waals surface area contributed by atoms with Gasteiger partial charge in [-0.1, -0.05) is 72.8 Å². The van der Waals surface area contributed by atoms with Gasteiger partial charge in [-0.05, 0) is 57.6 Å². The first-order chi connectivity index (χ1) is 19.4. The molecule has 0 aromatic heterocycles. The van der Waals surface area contributed by atoms with E-state index in [1.807, 2.05) is 24.3 Å². The van der Waals surface area contributed by atoms with Crippen LogP contribution in [0.5, 0.6) is 0 Å². The van der Waals surface area contributed by atoms with Crippen LogP contribution in [0.1, 0.15) is 45.5 Å². The normalized spacial score (nSPS) is 18.1. The highest BCUT2D eigenvalue weighted by atomic mass is 19.1. The Bertz CT molecular complexity index is 1340. The van der Waals surface area contributed by atoms with Crippen LogP contribution in [0.2, 0.25) is 0 Å². The highest BCUT2D eigenvalue weighted by molar-refractivity contribution is 5.91. The zero-order valence-corrected chi connectivity index (χ0v) is 22.1. The van der Waals surface area contributed by atoms with Gasteiger partial charge in [-0.25, -0.2) is 8.78 Å². The van der Waals surface area contributed by atoms with Crippen LogP contribution < -0.4 is 11.5 Å². The van der Waals surface area contributed by atoms with Crippen LogP contribution in [-0.2, 0) is 31.0 Å². The molecule has 40 heavy (non-hydrogen) atoms. The predicted octanol–water partition coefficient (Wildman–Crippen LogP) is 5.00. The second-order valence-corrected chi connectivity index (χ2v) is 10.8. The molecule has 4 N–H and O–H groups in total. The summed E-state index contributed by atoms with van der Waals surface area (Å²) in [4.78, 5) is 19.1. The van der Waals surface area contributed by atoms with E-state index in [1.54, 1.807) is 24.3 Å². The highest BCUT2D eigenvalue weighted by Crippen LogP contribution is 2.35. The minimum absolute atomic E-state index is 0.103. The molecule has 204 valence electrons. The van der Waals surface area contributed by atoms with E-state index >= 15 is 0 Å². The van der Waals surface area contributed by atoms with Gasteiger partial charge >= 0.3 is 0 Å². The first kappa shape index (κ1) is 26.5. The molecule has 4 aromatic rings. The van der Waals surface area contributed by atoms with Gasteiger partial charge in [-0.15, -0.1) is 0 Å². The molecule has 4 aromatic carbocycles. The molecule has 7 heteroatoms. The third-order valence-corrected chi connectivity index (χ3v) is 8.29. The van der Waals surface area contributed by atoms with Gasteiger partial charge in [0.2, 0.25) is 0 Å². The molecular formula is C33H32F2N4O. The van der Waals surface area contributed by atoms with Crippen LogP contribution in [0, 0.1) is 11.6 Å². The maximum Gasteiger partial charge on any atom is 0.170 e. The lowest BCUT2D eigenvalue weighted by atomic mass is 9.86. The van der Waals surface area contributed by atoms with Crippen molar-refractivity contribution in [3.05, 3.63) is 142 Å². The van der Waals surface area contributed by atoms with Crippen molar-refractivity contribution in [3.8, 4) is 0 Å². The number of nitrogens with two attached hydrogens (primary N) is 2. The Balaban J connectivity index is 1.40. The molecule has 0 saturated heterocycles. The Morgan fingerprint density at radius 2 is 0.850 bits per heavy atom. The Hall–Kier alpha value is -3.75. The Morgan fingerprint density at radius 3 is 1.15 bits per heavy atom. The molecule has 2 aliphatic rings. The zero-order chi connectivity index (χ0) is 27.8. The lowest BCUT2D eigenvalue weighted by Crippen LogP contribution is -2.56. The minimum Gasteiger partial charge on any atom is -0.322 e. The molecular weight excluding hydrogens is 506 g/mol. The number of nitrogens with zero attached hydrogens (tertiary/aromatic N) is 2. The van der Waals surface area contributed by atoms with Crippen molar-refractivity contribution in [1.82, 2.24) is 9.80 Å². The molecule has 0 amide bonds. The van der Waals surface area contributed by atoms with Crippen LogP contribution in [0.4, 0.5) is 8.78 Å². The van der Waals surface area contributed by atoms with Gasteiger partial charge in [0.05, 0.1) is 24.2 Å². The molecule has 4 atom stereocenters. The maximum atomic E-state index is 14.9. The average Bonchev–Trinajstić information content (AvgIpc) is 3.58. The van der Waals surface area contributed by atoms with Gasteiger partial charge < -0.3 is 11.5 Å². The molecule has 2 heterocycles. The van der Waals surface area contributed by atoms with Crippen LogP contribution in [-0.4, -0.2) is 27.7 Å². The summed E-state index contributed by atoms with van der Waals surface area (Å²) in [5.74, 6) is -0.828. The number of ketones is 1. The summed E-state index contributed by atoms with van der Waals surface area (Å²) in [6.07, 6.45) is 0. The number of fused-ring (bicyclic) bond motifs is 2. The van der Waals surface area contributed by atoms with Crippen LogP contribution in [0.25, 0.3) is 0 Å². The first-order valence-electron chi connectivity index (χ1n) is 13.6. The molecule has 0 spiro atoms. The third-order valence-electron chi connectivity index (χ3n) is 8.29. The average molecular weight is 539 g/mol. The number of rotatable bonds is 8. The molecule has 4 unspecified atom stereocenters. The van der Waals surface area contributed by atoms with Crippen molar-refractivity contribution in [2.24, 2.45) is 11.5 Å². The Labute approximate surface area is 233 Å². The highest BCUT2D eigenvalue weighted by Gasteiger charge is 2.44. The van der Waals surface area contributed by atoms with Gasteiger partial charge in [0.1, 0.15) is 11.6 Å². The molecule has 5 nitrogen and oxygen atoms in total. The summed E-state index contributed by atoms with van der Waals surface area (Å²) in [6.45, 7) is 2.28. The van der Waals surface area contributed by atoms with Crippen LogP contribution >= 0.6 is 0 Å². The smallest absolute Gasteiger partial charge is 0.170 e. The van der Waals surface area contributed by atoms with Gasteiger partial charge in [0.15, 0.2) is 5.78 Å². The van der Waals surface area contributed by atoms with E-state index in [0.29, 0.717) is 37.3 Å². The summed E-state index contributed by atoms with van der Waals surface area (Å²) in [6, 6.07) is 25.4. The first-order valence-corrected chi connectivity index (χ1v) is 13.6. The molecule has 0 bridgehead atoms. The second-order valence-electron chi connectivity index (χ2n) is 10.8. The monoisotopic (exact) mass is 538 g/mol. The van der Waals surface area contributed by atoms with Crippen molar-refractivity contribution < 1.29 is 13.6 Å². The number of carbonyl (C=O) groups is 1. The lowest BCUT2D eigenvalue weighted by Gasteiger charge is -2.39. The van der Waals surface area contributed by atoms with Crippen molar-refractivity contribution in [2.45, 2.75) is 50.3 Å². The van der Waals surface area contributed by atoms with E-state index in [1.165, 1.54) is 24.3 Å². The predicted molar refractivity (Wildman–Crippen MR) is 151 cm³/mol. The van der Waals surface area contributed by atoms with Gasteiger partial charge in [-0.3, -0.25) is 14.6 Å². The topological polar surface area (TPSA) is 75.6 Å². The fraction of sp³-hybridized carbons (Fsp3) is 0.242. The summed E-state index contributed by atoms with van der Waals surface area (Å²) >= 11 is 0. The van der Waals surface area contributed by atoms with E-state index in [2.05, 4.69) is 34.1 Å². The zero-order valence-electron chi connectivity index (χ0n) is 22.1.